The summed E-state index contributed by atoms with van der Waals surface area (Å²) in [5, 5.41) is 31.4. The Morgan fingerprint density at radius 2 is 0.929 bits per heavy atom. The molecule has 4 heteroatoms. The van der Waals surface area contributed by atoms with E-state index < -0.39 is 0 Å². The van der Waals surface area contributed by atoms with Crippen molar-refractivity contribution in [1.82, 2.24) is 0 Å². The standard InChI is InChI=1S/C38H60N2O2/c1-35-17-13-25(41)21-23(35)5-7-27-29-9-11-33(37(29,3)19-15-31(27)35)39-40-34-12-10-30-28-8-6-24-22-26(42)14-18-36(24,2)32(28)16-20-38(30,34)4/h23-32,41-42H,5-22H2,1-4H3/b39-33-,40-34+/t23-,24+,25-,26-,27-,28-,29-,30-,31-,32-,35-,36-,37-,38-/m0/s1. The van der Waals surface area contributed by atoms with Crippen LogP contribution in [0.5, 0.6) is 0 Å². The molecule has 8 fully saturated rings. The summed E-state index contributed by atoms with van der Waals surface area (Å²) >= 11 is 0. The minimum atomic E-state index is -0.0516. The molecule has 0 heterocycles. The second kappa shape index (κ2) is 9.88. The van der Waals surface area contributed by atoms with E-state index >= 15 is 0 Å². The lowest BCUT2D eigenvalue weighted by atomic mass is 9.45. The van der Waals surface area contributed by atoms with Crippen LogP contribution in [0.3, 0.4) is 0 Å². The van der Waals surface area contributed by atoms with Gasteiger partial charge in [0.05, 0.1) is 12.2 Å². The molecule has 0 aromatic rings. The van der Waals surface area contributed by atoms with Crippen LogP contribution in [0.1, 0.15) is 143 Å². The highest BCUT2D eigenvalue weighted by Crippen LogP contribution is 2.67. The lowest BCUT2D eigenvalue weighted by Gasteiger charge is -2.60. The molecule has 8 rings (SSSR count). The first-order valence-electron chi connectivity index (χ1n) is 18.6. The van der Waals surface area contributed by atoms with Crippen LogP contribution in [0, 0.1) is 69.0 Å². The van der Waals surface area contributed by atoms with Gasteiger partial charge in [-0.1, -0.05) is 27.7 Å². The van der Waals surface area contributed by atoms with Gasteiger partial charge in [0.15, 0.2) is 0 Å². The van der Waals surface area contributed by atoms with Crippen LogP contribution >= 0.6 is 0 Å². The lowest BCUT2D eigenvalue weighted by Crippen LogP contribution is -2.54. The Morgan fingerprint density at radius 1 is 0.500 bits per heavy atom. The zero-order chi connectivity index (χ0) is 29.1. The highest BCUT2D eigenvalue weighted by Gasteiger charge is 2.61. The highest BCUT2D eigenvalue weighted by atomic mass is 16.3. The van der Waals surface area contributed by atoms with E-state index in [1.165, 1.54) is 88.5 Å². The van der Waals surface area contributed by atoms with Crippen molar-refractivity contribution in [2.45, 2.75) is 155 Å². The predicted molar refractivity (Wildman–Crippen MR) is 170 cm³/mol. The Kier molecular flexibility index (Phi) is 6.75. The zero-order valence-corrected chi connectivity index (χ0v) is 27.3. The molecular weight excluding hydrogens is 516 g/mol. The second-order valence-electron chi connectivity index (χ2n) is 18.3. The molecular formula is C38H60N2O2. The van der Waals surface area contributed by atoms with Crippen LogP contribution in [0.4, 0.5) is 0 Å². The topological polar surface area (TPSA) is 65.2 Å². The van der Waals surface area contributed by atoms with Crippen LogP contribution in [0.2, 0.25) is 0 Å². The highest BCUT2D eigenvalue weighted by molar-refractivity contribution is 5.95. The number of hydrogen-bond donors (Lipinski definition) is 2. The maximum atomic E-state index is 10.4. The molecule has 0 saturated heterocycles. The Labute approximate surface area is 256 Å². The molecule has 0 aromatic carbocycles. The molecule has 42 heavy (non-hydrogen) atoms. The van der Waals surface area contributed by atoms with E-state index in [1.54, 1.807) is 0 Å². The first-order chi connectivity index (χ1) is 20.1. The van der Waals surface area contributed by atoms with Crippen molar-refractivity contribution in [3.8, 4) is 0 Å². The van der Waals surface area contributed by atoms with Crippen LogP contribution in [0.25, 0.3) is 0 Å². The fraction of sp³-hybridized carbons (Fsp3) is 0.947. The molecule has 2 N–H and O–H groups in total. The molecule has 0 spiro atoms. The van der Waals surface area contributed by atoms with E-state index in [2.05, 4.69) is 27.7 Å². The first-order valence-corrected chi connectivity index (χ1v) is 18.6. The van der Waals surface area contributed by atoms with Gasteiger partial charge in [0.1, 0.15) is 0 Å². The van der Waals surface area contributed by atoms with Crippen molar-refractivity contribution in [2.75, 3.05) is 0 Å². The molecule has 0 aliphatic heterocycles. The third-order valence-electron chi connectivity index (χ3n) is 17.0. The Hall–Kier alpha value is -0.740. The molecule has 8 aliphatic rings. The Bertz CT molecular complexity index is 1060. The third kappa shape index (κ3) is 3.97. The average Bonchev–Trinajstić information content (AvgIpc) is 3.48. The largest absolute Gasteiger partial charge is 0.393 e. The van der Waals surface area contributed by atoms with Crippen molar-refractivity contribution >= 4 is 11.4 Å². The van der Waals surface area contributed by atoms with Crippen molar-refractivity contribution in [1.29, 1.82) is 0 Å². The van der Waals surface area contributed by atoms with Gasteiger partial charge in [-0.05, 0) is 174 Å². The lowest BCUT2D eigenvalue weighted by molar-refractivity contribution is -0.114. The number of rotatable bonds is 1. The fourth-order valence-corrected chi connectivity index (χ4v) is 14.5. The average molecular weight is 577 g/mol. The van der Waals surface area contributed by atoms with E-state index in [1.807, 2.05) is 0 Å². The minimum Gasteiger partial charge on any atom is -0.393 e. The summed E-state index contributed by atoms with van der Waals surface area (Å²) in [6.07, 6.45) is 22.2. The number of aliphatic hydroxyl groups excluding tert-OH is 2. The number of fused-ring (bicyclic) bond motifs is 10. The van der Waals surface area contributed by atoms with Gasteiger partial charge in [-0.15, -0.1) is 0 Å². The molecule has 0 radical (unpaired) electrons. The molecule has 8 aliphatic carbocycles. The van der Waals surface area contributed by atoms with Crippen LogP contribution in [-0.2, 0) is 0 Å². The van der Waals surface area contributed by atoms with Gasteiger partial charge < -0.3 is 10.2 Å². The first kappa shape index (κ1) is 28.7. The molecule has 0 unspecified atom stereocenters. The van der Waals surface area contributed by atoms with Crippen molar-refractivity contribution in [2.24, 2.45) is 79.2 Å². The summed E-state index contributed by atoms with van der Waals surface area (Å²) in [5.41, 5.74) is 4.28. The second-order valence-corrected chi connectivity index (χ2v) is 18.3. The smallest absolute Gasteiger partial charge is 0.0543 e. The fourth-order valence-electron chi connectivity index (χ4n) is 14.5. The maximum absolute atomic E-state index is 10.4. The Morgan fingerprint density at radius 3 is 1.36 bits per heavy atom. The summed E-state index contributed by atoms with van der Waals surface area (Å²) in [6.45, 7) is 10.4. The van der Waals surface area contributed by atoms with Crippen molar-refractivity contribution in [3.05, 3.63) is 0 Å². The van der Waals surface area contributed by atoms with Crippen LogP contribution in [-0.4, -0.2) is 33.8 Å². The monoisotopic (exact) mass is 576 g/mol. The van der Waals surface area contributed by atoms with Gasteiger partial charge in [0.25, 0.3) is 0 Å². The Balaban J connectivity index is 1.00. The van der Waals surface area contributed by atoms with Gasteiger partial charge in [0.2, 0.25) is 0 Å². The van der Waals surface area contributed by atoms with E-state index in [4.69, 9.17) is 10.2 Å². The zero-order valence-electron chi connectivity index (χ0n) is 27.3. The van der Waals surface area contributed by atoms with E-state index in [0.717, 1.165) is 85.9 Å². The molecule has 0 bridgehead atoms. The van der Waals surface area contributed by atoms with Gasteiger partial charge >= 0.3 is 0 Å². The third-order valence-corrected chi connectivity index (χ3v) is 17.0. The molecule has 14 atom stereocenters. The number of nitrogens with zero attached hydrogens (tertiary/aromatic N) is 2. The van der Waals surface area contributed by atoms with Gasteiger partial charge in [-0.3, -0.25) is 0 Å². The molecule has 0 amide bonds. The van der Waals surface area contributed by atoms with Crippen molar-refractivity contribution in [3.63, 3.8) is 0 Å². The summed E-state index contributed by atoms with van der Waals surface area (Å²) in [7, 11) is 0. The normalized spacial score (nSPS) is 58.9. The molecule has 234 valence electrons. The predicted octanol–water partition coefficient (Wildman–Crippen LogP) is 8.59. The van der Waals surface area contributed by atoms with E-state index in [-0.39, 0.29) is 23.0 Å². The maximum Gasteiger partial charge on any atom is 0.0543 e. The molecule has 0 aromatic heterocycles. The van der Waals surface area contributed by atoms with Crippen molar-refractivity contribution < 1.29 is 10.2 Å². The van der Waals surface area contributed by atoms with Crippen LogP contribution in [0.15, 0.2) is 10.2 Å². The van der Waals surface area contributed by atoms with Crippen LogP contribution < -0.4 is 0 Å². The summed E-state index contributed by atoms with van der Waals surface area (Å²) in [4.78, 5) is 0. The number of aliphatic hydroxyl groups is 2. The van der Waals surface area contributed by atoms with Gasteiger partial charge in [-0.25, -0.2) is 0 Å². The summed E-state index contributed by atoms with van der Waals surface area (Å²) in [6, 6.07) is 0. The van der Waals surface area contributed by atoms with Gasteiger partial charge in [0, 0.05) is 22.3 Å². The number of hydrogen-bond acceptors (Lipinski definition) is 4. The quantitative estimate of drug-likeness (QED) is 0.307. The van der Waals surface area contributed by atoms with Gasteiger partial charge in [-0.2, -0.15) is 10.2 Å². The van der Waals surface area contributed by atoms with E-state index in [9.17, 15) is 10.2 Å². The molecule has 4 nitrogen and oxygen atoms in total. The van der Waals surface area contributed by atoms with E-state index in [0.29, 0.717) is 10.8 Å². The minimum absolute atomic E-state index is 0.0516. The SMILES string of the molecule is C[C@]12CC[C@H](O)C[C@@H]1CC[C@@H]1[C@@H]2CC[C@]2(C)/C(=N\N=C3/CC[C@H]4[C@@H]5CC[C@@H]6C[C@@H](O)CC[C@]6(C)[C@H]5CC[C@]34C)CC[C@@H]12. The summed E-state index contributed by atoms with van der Waals surface area (Å²) in [5.74, 6) is 6.44. The summed E-state index contributed by atoms with van der Waals surface area (Å²) < 4.78 is 0. The molecule has 8 saturated carbocycles.